The van der Waals surface area contributed by atoms with E-state index in [2.05, 4.69) is 10.2 Å². The summed E-state index contributed by atoms with van der Waals surface area (Å²) in [5.74, 6) is 1.08. The number of hydrogen-bond donors (Lipinski definition) is 2. The van der Waals surface area contributed by atoms with E-state index in [0.29, 0.717) is 25.4 Å². The van der Waals surface area contributed by atoms with Crippen molar-refractivity contribution in [3.05, 3.63) is 42.2 Å². The molecule has 0 radical (unpaired) electrons. The highest BCUT2D eigenvalue weighted by molar-refractivity contribution is 5.92. The number of ether oxygens (including phenoxy) is 1. The molecule has 0 unspecified atom stereocenters. The Kier molecular flexibility index (Phi) is 6.13. The van der Waals surface area contributed by atoms with E-state index in [1.54, 1.807) is 19.2 Å². The number of methoxy groups -OCH3 is 1. The molecule has 0 spiro atoms. The molecule has 1 aliphatic rings. The zero-order valence-electron chi connectivity index (χ0n) is 15.4. The SMILES string of the molecule is COc1ccc(-c2ccc(C(=O)NCCN3CCC[C@@H](C(N)=O)C3)o2)cc1. The van der Waals surface area contributed by atoms with Gasteiger partial charge in [0, 0.05) is 25.2 Å². The Morgan fingerprint density at radius 2 is 2.04 bits per heavy atom. The second kappa shape index (κ2) is 8.73. The van der Waals surface area contributed by atoms with E-state index in [-0.39, 0.29) is 23.5 Å². The lowest BCUT2D eigenvalue weighted by atomic mass is 9.97. The Hall–Kier alpha value is -2.80. The van der Waals surface area contributed by atoms with E-state index in [9.17, 15) is 9.59 Å². The number of amides is 2. The van der Waals surface area contributed by atoms with Gasteiger partial charge in [0.1, 0.15) is 11.5 Å². The number of nitrogens with zero attached hydrogens (tertiary/aromatic N) is 1. The highest BCUT2D eigenvalue weighted by Gasteiger charge is 2.23. The Morgan fingerprint density at radius 3 is 2.74 bits per heavy atom. The van der Waals surface area contributed by atoms with Crippen molar-refractivity contribution < 1.29 is 18.7 Å². The molecule has 2 heterocycles. The largest absolute Gasteiger partial charge is 0.497 e. The highest BCUT2D eigenvalue weighted by atomic mass is 16.5. The predicted octanol–water partition coefficient (Wildman–Crippen LogP) is 1.88. The van der Waals surface area contributed by atoms with Crippen LogP contribution < -0.4 is 15.8 Å². The van der Waals surface area contributed by atoms with Crippen LogP contribution in [0.1, 0.15) is 23.4 Å². The molecule has 1 aromatic carbocycles. The summed E-state index contributed by atoms with van der Waals surface area (Å²) in [7, 11) is 1.61. The predicted molar refractivity (Wildman–Crippen MR) is 101 cm³/mol. The first-order valence-electron chi connectivity index (χ1n) is 9.11. The molecule has 0 saturated carbocycles. The molecule has 2 amide bonds. The fraction of sp³-hybridized carbons (Fsp3) is 0.400. The van der Waals surface area contributed by atoms with E-state index < -0.39 is 0 Å². The minimum Gasteiger partial charge on any atom is -0.497 e. The Morgan fingerprint density at radius 1 is 1.26 bits per heavy atom. The molecule has 1 saturated heterocycles. The zero-order valence-corrected chi connectivity index (χ0v) is 15.4. The summed E-state index contributed by atoms with van der Waals surface area (Å²) in [6, 6.07) is 10.9. The molecular formula is C20H25N3O4. The van der Waals surface area contributed by atoms with Crippen molar-refractivity contribution in [3.63, 3.8) is 0 Å². The summed E-state index contributed by atoms with van der Waals surface area (Å²) in [5.41, 5.74) is 6.27. The number of carbonyl (C=O) groups is 2. The molecule has 1 atom stereocenters. The molecule has 1 fully saturated rings. The smallest absolute Gasteiger partial charge is 0.287 e. The van der Waals surface area contributed by atoms with Gasteiger partial charge in [-0.3, -0.25) is 9.59 Å². The number of hydrogen-bond acceptors (Lipinski definition) is 5. The van der Waals surface area contributed by atoms with Crippen LogP contribution in [-0.4, -0.2) is 50.0 Å². The number of carbonyl (C=O) groups excluding carboxylic acids is 2. The summed E-state index contributed by atoms with van der Waals surface area (Å²) in [6.07, 6.45) is 1.80. The molecule has 3 rings (SSSR count). The maximum atomic E-state index is 12.3. The van der Waals surface area contributed by atoms with Gasteiger partial charge < -0.3 is 25.1 Å². The average molecular weight is 371 g/mol. The molecule has 1 aromatic heterocycles. The quantitative estimate of drug-likeness (QED) is 0.774. The van der Waals surface area contributed by atoms with Crippen LogP contribution in [0.5, 0.6) is 5.75 Å². The van der Waals surface area contributed by atoms with Crippen LogP contribution in [0.25, 0.3) is 11.3 Å². The number of benzene rings is 1. The van der Waals surface area contributed by atoms with Crippen molar-refractivity contribution >= 4 is 11.8 Å². The first-order chi connectivity index (χ1) is 13.1. The van der Waals surface area contributed by atoms with Crippen LogP contribution in [0.15, 0.2) is 40.8 Å². The van der Waals surface area contributed by atoms with E-state index in [1.807, 2.05) is 24.3 Å². The lowest BCUT2D eigenvalue weighted by molar-refractivity contribution is -0.123. The zero-order chi connectivity index (χ0) is 19.2. The number of piperidine rings is 1. The van der Waals surface area contributed by atoms with Crippen molar-refractivity contribution in [3.8, 4) is 17.1 Å². The minimum atomic E-state index is -0.252. The van der Waals surface area contributed by atoms with E-state index in [1.165, 1.54) is 0 Å². The fourth-order valence-electron chi connectivity index (χ4n) is 3.28. The van der Waals surface area contributed by atoms with Gasteiger partial charge in [0.05, 0.1) is 13.0 Å². The normalized spacial score (nSPS) is 17.4. The van der Waals surface area contributed by atoms with Gasteiger partial charge in [-0.1, -0.05) is 0 Å². The third kappa shape index (κ3) is 4.89. The van der Waals surface area contributed by atoms with Gasteiger partial charge >= 0.3 is 0 Å². The summed E-state index contributed by atoms with van der Waals surface area (Å²) < 4.78 is 10.8. The summed E-state index contributed by atoms with van der Waals surface area (Å²) in [4.78, 5) is 25.8. The average Bonchev–Trinajstić information content (AvgIpc) is 3.18. The first kappa shape index (κ1) is 19.0. The highest BCUT2D eigenvalue weighted by Crippen LogP contribution is 2.24. The third-order valence-electron chi connectivity index (χ3n) is 4.83. The molecule has 7 nitrogen and oxygen atoms in total. The minimum absolute atomic E-state index is 0.0911. The monoisotopic (exact) mass is 371 g/mol. The topological polar surface area (TPSA) is 97.8 Å². The summed E-state index contributed by atoms with van der Waals surface area (Å²) in [5, 5.41) is 2.86. The van der Waals surface area contributed by atoms with Gasteiger partial charge in [-0.2, -0.15) is 0 Å². The van der Waals surface area contributed by atoms with Crippen molar-refractivity contribution in [2.75, 3.05) is 33.3 Å². The van der Waals surface area contributed by atoms with Crippen LogP contribution in [0.3, 0.4) is 0 Å². The van der Waals surface area contributed by atoms with Gasteiger partial charge in [0.15, 0.2) is 5.76 Å². The number of likely N-dealkylation sites (tertiary alicyclic amines) is 1. The van der Waals surface area contributed by atoms with Gasteiger partial charge in [-0.25, -0.2) is 0 Å². The molecule has 1 aliphatic heterocycles. The molecule has 144 valence electrons. The number of rotatable bonds is 7. The summed E-state index contributed by atoms with van der Waals surface area (Å²) in [6.45, 7) is 2.75. The molecule has 7 heteroatoms. The molecule has 0 bridgehead atoms. The van der Waals surface area contributed by atoms with E-state index >= 15 is 0 Å². The Balaban J connectivity index is 1.50. The van der Waals surface area contributed by atoms with Crippen molar-refractivity contribution in [2.24, 2.45) is 11.7 Å². The molecule has 27 heavy (non-hydrogen) atoms. The molecular weight excluding hydrogens is 346 g/mol. The summed E-state index contributed by atoms with van der Waals surface area (Å²) >= 11 is 0. The van der Waals surface area contributed by atoms with Gasteiger partial charge in [-0.15, -0.1) is 0 Å². The number of nitrogens with two attached hydrogens (primary N) is 1. The first-order valence-corrected chi connectivity index (χ1v) is 9.11. The second-order valence-electron chi connectivity index (χ2n) is 6.69. The molecule has 3 N–H and O–H groups in total. The van der Waals surface area contributed by atoms with Gasteiger partial charge in [-0.05, 0) is 55.8 Å². The van der Waals surface area contributed by atoms with Crippen LogP contribution in [-0.2, 0) is 4.79 Å². The van der Waals surface area contributed by atoms with E-state index in [0.717, 1.165) is 30.7 Å². The maximum absolute atomic E-state index is 12.3. The van der Waals surface area contributed by atoms with Gasteiger partial charge in [0.25, 0.3) is 5.91 Å². The lowest BCUT2D eigenvalue weighted by Gasteiger charge is -2.30. The van der Waals surface area contributed by atoms with Crippen molar-refractivity contribution in [1.29, 1.82) is 0 Å². The van der Waals surface area contributed by atoms with Gasteiger partial charge in [0.2, 0.25) is 5.91 Å². The Labute approximate surface area is 158 Å². The third-order valence-corrected chi connectivity index (χ3v) is 4.83. The second-order valence-corrected chi connectivity index (χ2v) is 6.69. The standard InChI is InChI=1S/C20H25N3O4/c1-26-16-6-4-14(5-7-16)17-8-9-18(27-17)20(25)22-10-12-23-11-2-3-15(13-23)19(21)24/h4-9,15H,2-3,10-13H2,1H3,(H2,21,24)(H,22,25)/t15-/m1/s1. The van der Waals surface area contributed by atoms with E-state index in [4.69, 9.17) is 14.9 Å². The number of primary amides is 1. The van der Waals surface area contributed by atoms with Crippen LogP contribution >= 0.6 is 0 Å². The maximum Gasteiger partial charge on any atom is 0.287 e. The molecule has 2 aromatic rings. The molecule has 0 aliphatic carbocycles. The van der Waals surface area contributed by atoms with Crippen LogP contribution in [0.4, 0.5) is 0 Å². The van der Waals surface area contributed by atoms with Crippen molar-refractivity contribution in [2.45, 2.75) is 12.8 Å². The van der Waals surface area contributed by atoms with Crippen molar-refractivity contribution in [1.82, 2.24) is 10.2 Å². The number of furan rings is 1. The number of nitrogens with one attached hydrogen (secondary N) is 1. The van der Waals surface area contributed by atoms with Crippen LogP contribution in [0.2, 0.25) is 0 Å². The lowest BCUT2D eigenvalue weighted by Crippen LogP contribution is -2.44. The fourth-order valence-corrected chi connectivity index (χ4v) is 3.28. The van der Waals surface area contributed by atoms with Crippen LogP contribution in [0, 0.1) is 5.92 Å². The Bertz CT molecular complexity index is 785.